The molecule has 0 fully saturated rings. The number of nitrogens with zero attached hydrogens (tertiary/aromatic N) is 1. The largest absolute Gasteiger partial charge is 0.507 e. The Hall–Kier alpha value is -2.29. The number of ether oxygens (including phenoxy) is 1. The van der Waals surface area contributed by atoms with Crippen molar-refractivity contribution in [2.45, 2.75) is 13.3 Å². The number of aliphatic imine (C=N–C) groups is 1. The fourth-order valence-corrected chi connectivity index (χ4v) is 1.72. The topological polar surface area (TPSA) is 41.8 Å². The van der Waals surface area contributed by atoms with Crippen LogP contribution in [0.15, 0.2) is 47.5 Å². The van der Waals surface area contributed by atoms with E-state index in [9.17, 15) is 5.11 Å². The Morgan fingerprint density at radius 1 is 1.16 bits per heavy atom. The zero-order valence-electron chi connectivity index (χ0n) is 11.1. The van der Waals surface area contributed by atoms with Crippen LogP contribution in [0.25, 0.3) is 0 Å². The van der Waals surface area contributed by atoms with E-state index in [1.165, 1.54) is 5.56 Å². The molecular formula is C16H17NO2. The van der Waals surface area contributed by atoms with Crippen molar-refractivity contribution in [1.29, 1.82) is 0 Å². The monoisotopic (exact) mass is 255 g/mol. The zero-order chi connectivity index (χ0) is 13.7. The van der Waals surface area contributed by atoms with Crippen LogP contribution in [-0.4, -0.2) is 18.4 Å². The van der Waals surface area contributed by atoms with Crippen molar-refractivity contribution in [2.24, 2.45) is 4.99 Å². The number of phenolic OH excluding ortho intramolecular Hbond substituents is 1. The summed E-state index contributed by atoms with van der Waals surface area (Å²) in [6, 6.07) is 13.1. The van der Waals surface area contributed by atoms with E-state index in [0.717, 1.165) is 12.1 Å². The lowest BCUT2D eigenvalue weighted by Crippen LogP contribution is -1.87. The molecule has 0 heterocycles. The summed E-state index contributed by atoms with van der Waals surface area (Å²) in [5.74, 6) is 0.885. The van der Waals surface area contributed by atoms with E-state index >= 15 is 0 Å². The minimum Gasteiger partial charge on any atom is -0.507 e. The van der Waals surface area contributed by atoms with E-state index in [1.807, 2.05) is 12.1 Å². The molecule has 0 aliphatic rings. The minimum atomic E-state index is 0.190. The number of benzene rings is 2. The summed E-state index contributed by atoms with van der Waals surface area (Å²) in [4.78, 5) is 4.35. The number of rotatable bonds is 4. The summed E-state index contributed by atoms with van der Waals surface area (Å²) >= 11 is 0. The van der Waals surface area contributed by atoms with Gasteiger partial charge in [-0.1, -0.05) is 19.1 Å². The van der Waals surface area contributed by atoms with Crippen LogP contribution in [0.4, 0.5) is 5.69 Å². The van der Waals surface area contributed by atoms with E-state index < -0.39 is 0 Å². The van der Waals surface area contributed by atoms with E-state index in [-0.39, 0.29) is 5.75 Å². The molecule has 2 rings (SSSR count). The smallest absolute Gasteiger partial charge is 0.124 e. The van der Waals surface area contributed by atoms with Gasteiger partial charge >= 0.3 is 0 Å². The van der Waals surface area contributed by atoms with Crippen molar-refractivity contribution in [3.8, 4) is 11.5 Å². The second-order valence-corrected chi connectivity index (χ2v) is 4.20. The van der Waals surface area contributed by atoms with Gasteiger partial charge in [0.15, 0.2) is 0 Å². The lowest BCUT2D eigenvalue weighted by Gasteiger charge is -2.03. The SMILES string of the molecule is CCc1ccc(N=Cc2cc(OC)ccc2O)cc1. The van der Waals surface area contributed by atoms with E-state index in [1.54, 1.807) is 31.5 Å². The van der Waals surface area contributed by atoms with Gasteiger partial charge in [0.1, 0.15) is 11.5 Å². The Bertz CT molecular complexity index is 574. The maximum atomic E-state index is 9.74. The molecule has 3 nitrogen and oxygen atoms in total. The van der Waals surface area contributed by atoms with Gasteiger partial charge in [0.05, 0.1) is 12.8 Å². The van der Waals surface area contributed by atoms with Crippen LogP contribution in [0.1, 0.15) is 18.1 Å². The van der Waals surface area contributed by atoms with Crippen molar-refractivity contribution in [2.75, 3.05) is 7.11 Å². The normalized spacial score (nSPS) is 10.8. The molecule has 0 aliphatic carbocycles. The Balaban J connectivity index is 2.21. The maximum absolute atomic E-state index is 9.74. The molecule has 0 aliphatic heterocycles. The lowest BCUT2D eigenvalue weighted by atomic mass is 10.1. The molecule has 2 aromatic carbocycles. The minimum absolute atomic E-state index is 0.190. The molecule has 0 aromatic heterocycles. The molecule has 3 heteroatoms. The first kappa shape index (κ1) is 13.1. The van der Waals surface area contributed by atoms with Gasteiger partial charge in [-0.05, 0) is 42.3 Å². The molecule has 0 atom stereocenters. The molecule has 0 radical (unpaired) electrons. The fourth-order valence-electron chi connectivity index (χ4n) is 1.72. The van der Waals surface area contributed by atoms with Crippen molar-refractivity contribution < 1.29 is 9.84 Å². The number of methoxy groups -OCH3 is 1. The molecule has 0 saturated heterocycles. The predicted molar refractivity (Wildman–Crippen MR) is 77.7 cm³/mol. The van der Waals surface area contributed by atoms with E-state index in [0.29, 0.717) is 11.3 Å². The highest BCUT2D eigenvalue weighted by Gasteiger charge is 2.00. The van der Waals surface area contributed by atoms with Gasteiger partial charge in [-0.15, -0.1) is 0 Å². The molecule has 2 aromatic rings. The summed E-state index contributed by atoms with van der Waals surface area (Å²) in [5, 5.41) is 9.74. The highest BCUT2D eigenvalue weighted by molar-refractivity contribution is 5.85. The van der Waals surface area contributed by atoms with Crippen LogP contribution >= 0.6 is 0 Å². The third-order valence-electron chi connectivity index (χ3n) is 2.93. The highest BCUT2D eigenvalue weighted by atomic mass is 16.5. The van der Waals surface area contributed by atoms with Gasteiger partial charge < -0.3 is 9.84 Å². The Morgan fingerprint density at radius 2 is 1.89 bits per heavy atom. The van der Waals surface area contributed by atoms with Gasteiger partial charge in [0, 0.05) is 11.8 Å². The van der Waals surface area contributed by atoms with Crippen LogP contribution in [0.5, 0.6) is 11.5 Å². The van der Waals surface area contributed by atoms with Crippen molar-refractivity contribution >= 4 is 11.9 Å². The van der Waals surface area contributed by atoms with Crippen molar-refractivity contribution in [3.63, 3.8) is 0 Å². The molecule has 0 amide bonds. The van der Waals surface area contributed by atoms with E-state index in [2.05, 4.69) is 24.0 Å². The number of aromatic hydroxyl groups is 1. The Morgan fingerprint density at radius 3 is 2.53 bits per heavy atom. The summed E-state index contributed by atoms with van der Waals surface area (Å²) in [6.45, 7) is 2.12. The first-order valence-electron chi connectivity index (χ1n) is 6.23. The Labute approximate surface area is 113 Å². The third kappa shape index (κ3) is 3.35. The summed E-state index contributed by atoms with van der Waals surface area (Å²) in [7, 11) is 1.59. The fraction of sp³-hybridized carbons (Fsp3) is 0.188. The van der Waals surface area contributed by atoms with Gasteiger partial charge in [-0.25, -0.2) is 0 Å². The second kappa shape index (κ2) is 6.05. The second-order valence-electron chi connectivity index (χ2n) is 4.20. The van der Waals surface area contributed by atoms with Crippen molar-refractivity contribution in [1.82, 2.24) is 0 Å². The molecule has 0 spiro atoms. The number of hydrogen-bond donors (Lipinski definition) is 1. The molecule has 98 valence electrons. The zero-order valence-corrected chi connectivity index (χ0v) is 11.1. The number of aryl methyl sites for hydroxylation is 1. The van der Waals surface area contributed by atoms with Gasteiger partial charge in [0.2, 0.25) is 0 Å². The average molecular weight is 255 g/mol. The summed E-state index contributed by atoms with van der Waals surface area (Å²) in [5.41, 5.74) is 2.78. The third-order valence-corrected chi connectivity index (χ3v) is 2.93. The predicted octanol–water partition coefficient (Wildman–Crippen LogP) is 3.71. The summed E-state index contributed by atoms with van der Waals surface area (Å²) in [6.07, 6.45) is 2.65. The van der Waals surface area contributed by atoms with Crippen LogP contribution in [0.2, 0.25) is 0 Å². The highest BCUT2D eigenvalue weighted by Crippen LogP contribution is 2.22. The quantitative estimate of drug-likeness (QED) is 0.846. The standard InChI is InChI=1S/C16H17NO2/c1-3-12-4-6-14(7-5-12)17-11-13-10-15(19-2)8-9-16(13)18/h4-11,18H,3H2,1-2H3. The molecule has 0 bridgehead atoms. The van der Waals surface area contributed by atoms with Crippen LogP contribution in [-0.2, 0) is 6.42 Å². The van der Waals surface area contributed by atoms with Crippen LogP contribution in [0, 0.1) is 0 Å². The van der Waals surface area contributed by atoms with Gasteiger partial charge in [-0.2, -0.15) is 0 Å². The first-order valence-corrected chi connectivity index (χ1v) is 6.23. The van der Waals surface area contributed by atoms with E-state index in [4.69, 9.17) is 4.74 Å². The number of hydrogen-bond acceptors (Lipinski definition) is 3. The molecular weight excluding hydrogens is 238 g/mol. The van der Waals surface area contributed by atoms with Gasteiger partial charge in [-0.3, -0.25) is 4.99 Å². The molecule has 0 unspecified atom stereocenters. The Kier molecular flexibility index (Phi) is 4.18. The molecule has 1 N–H and O–H groups in total. The molecule has 0 saturated carbocycles. The maximum Gasteiger partial charge on any atom is 0.124 e. The average Bonchev–Trinajstić information content (AvgIpc) is 2.47. The van der Waals surface area contributed by atoms with Crippen LogP contribution in [0.3, 0.4) is 0 Å². The molecule has 19 heavy (non-hydrogen) atoms. The van der Waals surface area contributed by atoms with Crippen LogP contribution < -0.4 is 4.74 Å². The lowest BCUT2D eigenvalue weighted by molar-refractivity contribution is 0.412. The van der Waals surface area contributed by atoms with Gasteiger partial charge in [0.25, 0.3) is 0 Å². The first-order chi connectivity index (χ1) is 9.22. The summed E-state index contributed by atoms with van der Waals surface area (Å²) < 4.78 is 5.12. The van der Waals surface area contributed by atoms with Crippen molar-refractivity contribution in [3.05, 3.63) is 53.6 Å². The number of phenols is 1.